The first kappa shape index (κ1) is 21.2. The minimum atomic E-state index is -1.05. The van der Waals surface area contributed by atoms with Crippen LogP contribution in [0, 0.1) is 0 Å². The Morgan fingerprint density at radius 3 is 2.43 bits per heavy atom. The number of aromatic amines is 1. The van der Waals surface area contributed by atoms with Crippen LogP contribution in [-0.4, -0.2) is 38.5 Å². The van der Waals surface area contributed by atoms with E-state index in [0.29, 0.717) is 33.1 Å². The molecule has 2 aromatic carbocycles. The third-order valence-corrected chi connectivity index (χ3v) is 6.52. The van der Waals surface area contributed by atoms with Gasteiger partial charge in [0, 0.05) is 28.3 Å². The minimum Gasteiger partial charge on any atom is -0.461 e. The highest BCUT2D eigenvalue weighted by Gasteiger charge is 2.36. The Hall–Kier alpha value is -1.99. The molecule has 4 rings (SSSR count). The van der Waals surface area contributed by atoms with Crippen molar-refractivity contribution >= 4 is 40.9 Å². The Labute approximate surface area is 188 Å². The highest BCUT2D eigenvalue weighted by molar-refractivity contribution is 7.99. The van der Waals surface area contributed by atoms with E-state index in [9.17, 15) is 9.90 Å². The summed E-state index contributed by atoms with van der Waals surface area (Å²) in [5.41, 5.74) is 2.03. The van der Waals surface area contributed by atoms with Gasteiger partial charge in [-0.2, -0.15) is 0 Å². The SMILES string of the molecule is C[C@]1(O)CC(=O)O[C@H](CSc2nc(-c3ccccc3Cl)c(-c3ccccc3Cl)[nH]2)C1. The van der Waals surface area contributed by atoms with Crippen LogP contribution in [0.5, 0.6) is 0 Å². The Balaban J connectivity index is 1.65. The van der Waals surface area contributed by atoms with Crippen LogP contribution in [0.1, 0.15) is 19.8 Å². The van der Waals surface area contributed by atoms with Crippen LogP contribution in [0.4, 0.5) is 0 Å². The number of nitrogens with one attached hydrogen (secondary N) is 1. The molecule has 0 unspecified atom stereocenters. The van der Waals surface area contributed by atoms with E-state index in [0.717, 1.165) is 16.8 Å². The Morgan fingerprint density at radius 1 is 1.17 bits per heavy atom. The van der Waals surface area contributed by atoms with E-state index in [1.807, 2.05) is 48.5 Å². The number of cyclic esters (lactones) is 1. The number of aromatic nitrogens is 2. The van der Waals surface area contributed by atoms with E-state index in [4.69, 9.17) is 32.9 Å². The van der Waals surface area contributed by atoms with Gasteiger partial charge >= 0.3 is 5.97 Å². The van der Waals surface area contributed by atoms with Crippen molar-refractivity contribution in [3.05, 3.63) is 58.6 Å². The molecule has 0 saturated carbocycles. The molecule has 0 spiro atoms. The van der Waals surface area contributed by atoms with Crippen LogP contribution in [0.3, 0.4) is 0 Å². The van der Waals surface area contributed by atoms with Crippen LogP contribution in [0.2, 0.25) is 10.0 Å². The third kappa shape index (κ3) is 4.67. The third-order valence-electron chi connectivity index (χ3n) is 4.85. The topological polar surface area (TPSA) is 75.2 Å². The standard InChI is InChI=1S/C22H20Cl2N2O3S/c1-22(28)10-13(29-18(27)11-22)12-30-21-25-19(14-6-2-4-8-16(14)23)20(26-21)15-7-3-5-9-17(15)24/h2-9,13,28H,10-12H2,1H3,(H,25,26)/t13-,22+/m0/s1. The molecule has 156 valence electrons. The van der Waals surface area contributed by atoms with Crippen molar-refractivity contribution in [1.82, 2.24) is 9.97 Å². The van der Waals surface area contributed by atoms with Gasteiger partial charge < -0.3 is 14.8 Å². The predicted molar refractivity (Wildman–Crippen MR) is 120 cm³/mol. The molecular weight excluding hydrogens is 443 g/mol. The molecular formula is C22H20Cl2N2O3S. The Kier molecular flexibility index (Phi) is 6.11. The largest absolute Gasteiger partial charge is 0.461 e. The average molecular weight is 463 g/mol. The second-order valence-electron chi connectivity index (χ2n) is 7.53. The summed E-state index contributed by atoms with van der Waals surface area (Å²) < 4.78 is 5.38. The lowest BCUT2D eigenvalue weighted by atomic mass is 9.93. The Bertz CT molecular complexity index is 1020. The predicted octanol–water partition coefficient (Wildman–Crippen LogP) is 5.60. The monoisotopic (exact) mass is 462 g/mol. The second kappa shape index (κ2) is 8.63. The number of esters is 1. The number of thioether (sulfide) groups is 1. The van der Waals surface area contributed by atoms with Crippen LogP contribution >= 0.6 is 35.0 Å². The molecule has 2 atom stereocenters. The zero-order valence-electron chi connectivity index (χ0n) is 16.2. The molecule has 1 aliphatic rings. The van der Waals surface area contributed by atoms with Gasteiger partial charge in [-0.05, 0) is 19.1 Å². The van der Waals surface area contributed by atoms with Gasteiger partial charge in [0.25, 0.3) is 0 Å². The quantitative estimate of drug-likeness (QED) is 0.381. The van der Waals surface area contributed by atoms with Crippen LogP contribution < -0.4 is 0 Å². The van der Waals surface area contributed by atoms with Gasteiger partial charge in [0.2, 0.25) is 0 Å². The molecule has 0 aliphatic carbocycles. The van der Waals surface area contributed by atoms with Gasteiger partial charge in [0.15, 0.2) is 5.16 Å². The number of aliphatic hydroxyl groups is 1. The lowest BCUT2D eigenvalue weighted by Crippen LogP contribution is -2.41. The van der Waals surface area contributed by atoms with Gasteiger partial charge in [-0.1, -0.05) is 71.4 Å². The first-order valence-electron chi connectivity index (χ1n) is 9.47. The molecule has 1 fully saturated rings. The Morgan fingerprint density at radius 2 is 1.80 bits per heavy atom. The van der Waals surface area contributed by atoms with Crippen molar-refractivity contribution in [1.29, 1.82) is 0 Å². The number of carbonyl (C=O) groups excluding carboxylic acids is 1. The maximum Gasteiger partial charge on any atom is 0.309 e. The van der Waals surface area contributed by atoms with E-state index >= 15 is 0 Å². The number of nitrogens with zero attached hydrogens (tertiary/aromatic N) is 1. The zero-order valence-corrected chi connectivity index (χ0v) is 18.5. The van der Waals surface area contributed by atoms with Crippen molar-refractivity contribution in [3.8, 4) is 22.5 Å². The van der Waals surface area contributed by atoms with Crippen LogP contribution in [-0.2, 0) is 9.53 Å². The second-order valence-corrected chi connectivity index (χ2v) is 9.35. The molecule has 2 N–H and O–H groups in total. The maximum atomic E-state index is 11.8. The first-order valence-corrected chi connectivity index (χ1v) is 11.2. The van der Waals surface area contributed by atoms with Gasteiger partial charge in [-0.15, -0.1) is 0 Å². The molecule has 8 heteroatoms. The van der Waals surface area contributed by atoms with E-state index in [1.54, 1.807) is 6.92 Å². The summed E-state index contributed by atoms with van der Waals surface area (Å²) in [6, 6.07) is 15.0. The molecule has 0 amide bonds. The number of rotatable bonds is 5. The van der Waals surface area contributed by atoms with Crippen LogP contribution in [0.25, 0.3) is 22.5 Å². The average Bonchev–Trinajstić information content (AvgIpc) is 3.09. The van der Waals surface area contributed by atoms with E-state index in [1.165, 1.54) is 11.8 Å². The number of H-pyrrole nitrogens is 1. The summed E-state index contributed by atoms with van der Waals surface area (Å²) in [5.74, 6) is 0.0871. The molecule has 3 aromatic rings. The molecule has 1 aliphatic heterocycles. The van der Waals surface area contributed by atoms with Gasteiger partial charge in [-0.25, -0.2) is 4.98 Å². The van der Waals surface area contributed by atoms with Crippen molar-refractivity contribution in [2.45, 2.75) is 36.6 Å². The summed E-state index contributed by atoms with van der Waals surface area (Å²) in [7, 11) is 0. The van der Waals surface area contributed by atoms with Crippen molar-refractivity contribution in [3.63, 3.8) is 0 Å². The van der Waals surface area contributed by atoms with Crippen molar-refractivity contribution in [2.24, 2.45) is 0 Å². The number of hydrogen-bond acceptors (Lipinski definition) is 5. The molecule has 0 bridgehead atoms. The van der Waals surface area contributed by atoms with Crippen molar-refractivity contribution < 1.29 is 14.6 Å². The van der Waals surface area contributed by atoms with Gasteiger partial charge in [0.05, 0.1) is 28.4 Å². The maximum absolute atomic E-state index is 11.8. The highest BCUT2D eigenvalue weighted by atomic mass is 35.5. The van der Waals surface area contributed by atoms with Crippen LogP contribution in [0.15, 0.2) is 53.7 Å². The summed E-state index contributed by atoms with van der Waals surface area (Å²) in [6.45, 7) is 1.66. The number of benzene rings is 2. The number of ether oxygens (including phenoxy) is 1. The summed E-state index contributed by atoms with van der Waals surface area (Å²) >= 11 is 14.3. The molecule has 30 heavy (non-hydrogen) atoms. The number of imidazole rings is 1. The summed E-state index contributed by atoms with van der Waals surface area (Å²) in [4.78, 5) is 19.9. The smallest absolute Gasteiger partial charge is 0.309 e. The fraction of sp³-hybridized carbons (Fsp3) is 0.273. The highest BCUT2D eigenvalue weighted by Crippen LogP contribution is 2.39. The fourth-order valence-electron chi connectivity index (χ4n) is 3.53. The van der Waals surface area contributed by atoms with Crippen molar-refractivity contribution in [2.75, 3.05) is 5.75 Å². The zero-order chi connectivity index (χ0) is 21.3. The molecule has 2 heterocycles. The number of halogens is 2. The van der Waals surface area contributed by atoms with E-state index in [-0.39, 0.29) is 18.5 Å². The molecule has 5 nitrogen and oxygen atoms in total. The lowest BCUT2D eigenvalue weighted by molar-refractivity contribution is -0.165. The lowest BCUT2D eigenvalue weighted by Gasteiger charge is -2.32. The van der Waals surface area contributed by atoms with E-state index in [2.05, 4.69) is 4.98 Å². The number of hydrogen-bond donors (Lipinski definition) is 2. The van der Waals surface area contributed by atoms with Gasteiger partial charge in [-0.3, -0.25) is 4.79 Å². The molecule has 0 radical (unpaired) electrons. The van der Waals surface area contributed by atoms with Gasteiger partial charge in [0.1, 0.15) is 6.10 Å². The summed E-state index contributed by atoms with van der Waals surface area (Å²) in [5, 5.41) is 12.1. The molecule has 1 aromatic heterocycles. The normalized spacial score (nSPS) is 21.5. The minimum absolute atomic E-state index is 0.0161. The number of carbonyl (C=O) groups is 1. The first-order chi connectivity index (χ1) is 14.3. The fourth-order valence-corrected chi connectivity index (χ4v) is 4.85. The summed E-state index contributed by atoms with van der Waals surface area (Å²) in [6.07, 6.45) is 0.0209. The molecule has 1 saturated heterocycles. The van der Waals surface area contributed by atoms with E-state index < -0.39 is 5.60 Å².